The van der Waals surface area contributed by atoms with Gasteiger partial charge in [-0.3, -0.25) is 9.00 Å². The SMILES string of the molecule is Cc1ccc(C)c(S(=O)CC(C)C(=O)O)c1. The van der Waals surface area contributed by atoms with E-state index in [0.29, 0.717) is 0 Å². The van der Waals surface area contributed by atoms with Crippen LogP contribution in [0.15, 0.2) is 23.1 Å². The van der Waals surface area contributed by atoms with Gasteiger partial charge in [-0.25, -0.2) is 0 Å². The van der Waals surface area contributed by atoms with Gasteiger partial charge in [0.25, 0.3) is 0 Å². The molecule has 0 radical (unpaired) electrons. The molecule has 0 aliphatic heterocycles. The monoisotopic (exact) mass is 240 g/mol. The summed E-state index contributed by atoms with van der Waals surface area (Å²) in [5.74, 6) is -1.32. The highest BCUT2D eigenvalue weighted by molar-refractivity contribution is 7.85. The fraction of sp³-hybridized carbons (Fsp3) is 0.417. The van der Waals surface area contributed by atoms with E-state index in [1.165, 1.54) is 0 Å². The quantitative estimate of drug-likeness (QED) is 0.877. The number of aryl methyl sites for hydroxylation is 2. The third kappa shape index (κ3) is 3.17. The number of hydrogen-bond acceptors (Lipinski definition) is 2. The molecule has 2 unspecified atom stereocenters. The van der Waals surface area contributed by atoms with E-state index < -0.39 is 22.7 Å². The summed E-state index contributed by atoms with van der Waals surface area (Å²) in [5, 5.41) is 8.77. The van der Waals surface area contributed by atoms with Gasteiger partial charge in [-0.05, 0) is 31.0 Å². The van der Waals surface area contributed by atoms with Crippen molar-refractivity contribution in [2.24, 2.45) is 5.92 Å². The van der Waals surface area contributed by atoms with Crippen LogP contribution in [0.1, 0.15) is 18.1 Å². The molecule has 2 atom stereocenters. The summed E-state index contributed by atoms with van der Waals surface area (Å²) in [6.45, 7) is 5.39. The van der Waals surface area contributed by atoms with Crippen molar-refractivity contribution in [1.82, 2.24) is 0 Å². The minimum absolute atomic E-state index is 0.166. The van der Waals surface area contributed by atoms with Crippen molar-refractivity contribution in [1.29, 1.82) is 0 Å². The summed E-state index contributed by atoms with van der Waals surface area (Å²) in [4.78, 5) is 11.4. The Hall–Kier alpha value is -1.16. The van der Waals surface area contributed by atoms with Crippen LogP contribution in [0.2, 0.25) is 0 Å². The molecule has 3 nitrogen and oxygen atoms in total. The Balaban J connectivity index is 2.88. The zero-order valence-electron chi connectivity index (χ0n) is 9.69. The molecular formula is C12H16O3S. The highest BCUT2D eigenvalue weighted by Crippen LogP contribution is 2.17. The van der Waals surface area contributed by atoms with Crippen LogP contribution in [0, 0.1) is 19.8 Å². The van der Waals surface area contributed by atoms with Gasteiger partial charge >= 0.3 is 5.97 Å². The van der Waals surface area contributed by atoms with Crippen molar-refractivity contribution < 1.29 is 14.1 Å². The lowest BCUT2D eigenvalue weighted by Gasteiger charge is -2.09. The minimum Gasteiger partial charge on any atom is -0.481 e. The first-order chi connectivity index (χ1) is 7.41. The molecular weight excluding hydrogens is 224 g/mol. The fourth-order valence-electron chi connectivity index (χ4n) is 1.34. The second kappa shape index (κ2) is 5.25. The van der Waals surface area contributed by atoms with Crippen molar-refractivity contribution in [3.05, 3.63) is 29.3 Å². The standard InChI is InChI=1S/C12H16O3S/c1-8-4-5-9(2)11(6-8)16(15)7-10(3)12(13)14/h4-6,10H,7H2,1-3H3,(H,13,14). The molecule has 0 aromatic heterocycles. The van der Waals surface area contributed by atoms with E-state index in [1.54, 1.807) is 6.92 Å². The molecule has 0 bridgehead atoms. The van der Waals surface area contributed by atoms with Gasteiger partial charge < -0.3 is 5.11 Å². The van der Waals surface area contributed by atoms with Crippen LogP contribution in [-0.2, 0) is 15.6 Å². The average Bonchev–Trinajstić information content (AvgIpc) is 2.21. The summed E-state index contributed by atoms with van der Waals surface area (Å²) < 4.78 is 12.0. The Morgan fingerprint density at radius 1 is 1.44 bits per heavy atom. The molecule has 16 heavy (non-hydrogen) atoms. The van der Waals surface area contributed by atoms with Crippen LogP contribution in [0.25, 0.3) is 0 Å². The van der Waals surface area contributed by atoms with Crippen molar-refractivity contribution in [3.63, 3.8) is 0 Å². The number of rotatable bonds is 4. The van der Waals surface area contributed by atoms with E-state index in [2.05, 4.69) is 0 Å². The minimum atomic E-state index is -1.24. The number of carboxylic acids is 1. The van der Waals surface area contributed by atoms with Gasteiger partial charge in [0, 0.05) is 10.6 Å². The molecule has 88 valence electrons. The van der Waals surface area contributed by atoms with Crippen LogP contribution in [0.3, 0.4) is 0 Å². The maximum Gasteiger partial charge on any atom is 0.307 e. The zero-order valence-corrected chi connectivity index (χ0v) is 10.5. The van der Waals surface area contributed by atoms with E-state index in [9.17, 15) is 9.00 Å². The van der Waals surface area contributed by atoms with Crippen LogP contribution < -0.4 is 0 Å². The largest absolute Gasteiger partial charge is 0.481 e. The normalized spacial score (nSPS) is 14.4. The molecule has 1 N–H and O–H groups in total. The summed E-state index contributed by atoms with van der Waals surface area (Å²) in [5.41, 5.74) is 1.98. The lowest BCUT2D eigenvalue weighted by Crippen LogP contribution is -2.17. The second-order valence-corrected chi connectivity index (χ2v) is 5.48. The van der Waals surface area contributed by atoms with E-state index in [0.717, 1.165) is 16.0 Å². The maximum atomic E-state index is 12.0. The fourth-order valence-corrected chi connectivity index (χ4v) is 2.86. The summed E-state index contributed by atoms with van der Waals surface area (Å²) in [6.07, 6.45) is 0. The number of aliphatic carboxylic acids is 1. The van der Waals surface area contributed by atoms with Crippen molar-refractivity contribution in [2.75, 3.05) is 5.75 Å². The summed E-state index contributed by atoms with van der Waals surface area (Å²) >= 11 is 0. The van der Waals surface area contributed by atoms with E-state index in [1.807, 2.05) is 32.0 Å². The van der Waals surface area contributed by atoms with Crippen LogP contribution in [0.5, 0.6) is 0 Å². The number of carboxylic acid groups (broad SMARTS) is 1. The molecule has 1 aromatic carbocycles. The number of carbonyl (C=O) groups is 1. The molecule has 1 rings (SSSR count). The van der Waals surface area contributed by atoms with Crippen molar-refractivity contribution in [3.8, 4) is 0 Å². The molecule has 0 saturated carbocycles. The maximum absolute atomic E-state index is 12.0. The smallest absolute Gasteiger partial charge is 0.307 e. The zero-order chi connectivity index (χ0) is 12.3. The third-order valence-corrected chi connectivity index (χ3v) is 4.15. The molecule has 0 amide bonds. The summed E-state index contributed by atoms with van der Waals surface area (Å²) in [7, 11) is -1.24. The third-order valence-electron chi connectivity index (χ3n) is 2.41. The van der Waals surface area contributed by atoms with Gasteiger partial charge in [-0.1, -0.05) is 19.1 Å². The predicted octanol–water partition coefficient (Wildman–Crippen LogP) is 2.13. The van der Waals surface area contributed by atoms with E-state index in [-0.39, 0.29) is 5.75 Å². The molecule has 1 aromatic rings. The summed E-state index contributed by atoms with van der Waals surface area (Å²) in [6, 6.07) is 5.73. The first kappa shape index (κ1) is 12.9. The first-order valence-corrected chi connectivity index (χ1v) is 6.42. The second-order valence-electron chi connectivity index (χ2n) is 4.02. The lowest BCUT2D eigenvalue weighted by molar-refractivity contribution is -0.140. The van der Waals surface area contributed by atoms with Gasteiger partial charge in [0.1, 0.15) is 0 Å². The van der Waals surface area contributed by atoms with Crippen molar-refractivity contribution >= 4 is 16.8 Å². The van der Waals surface area contributed by atoms with Crippen LogP contribution in [0.4, 0.5) is 0 Å². The Kier molecular flexibility index (Phi) is 4.24. The van der Waals surface area contributed by atoms with Crippen LogP contribution in [-0.4, -0.2) is 21.0 Å². The number of benzene rings is 1. The van der Waals surface area contributed by atoms with E-state index in [4.69, 9.17) is 5.11 Å². The van der Waals surface area contributed by atoms with Gasteiger partial charge in [-0.2, -0.15) is 0 Å². The average molecular weight is 240 g/mol. The van der Waals surface area contributed by atoms with Gasteiger partial charge in [0.05, 0.1) is 16.7 Å². The molecule has 0 heterocycles. The molecule has 0 aliphatic rings. The Bertz CT molecular complexity index is 426. The van der Waals surface area contributed by atoms with Crippen molar-refractivity contribution in [2.45, 2.75) is 25.7 Å². The topological polar surface area (TPSA) is 54.4 Å². The Morgan fingerprint density at radius 2 is 2.06 bits per heavy atom. The molecule has 0 aliphatic carbocycles. The van der Waals surface area contributed by atoms with Gasteiger partial charge in [0.15, 0.2) is 0 Å². The molecule has 0 spiro atoms. The Morgan fingerprint density at radius 3 is 2.62 bits per heavy atom. The molecule has 0 fully saturated rings. The first-order valence-electron chi connectivity index (χ1n) is 5.10. The Labute approximate surface area is 98.0 Å². The highest BCUT2D eigenvalue weighted by atomic mass is 32.2. The predicted molar refractivity (Wildman–Crippen MR) is 64.0 cm³/mol. The van der Waals surface area contributed by atoms with Gasteiger partial charge in [-0.15, -0.1) is 0 Å². The highest BCUT2D eigenvalue weighted by Gasteiger charge is 2.17. The van der Waals surface area contributed by atoms with E-state index >= 15 is 0 Å². The number of hydrogen-bond donors (Lipinski definition) is 1. The molecule has 4 heteroatoms. The van der Waals surface area contributed by atoms with Crippen LogP contribution >= 0.6 is 0 Å². The van der Waals surface area contributed by atoms with Gasteiger partial charge in [0.2, 0.25) is 0 Å². The molecule has 0 saturated heterocycles. The lowest BCUT2D eigenvalue weighted by atomic mass is 10.2.